The maximum Gasteiger partial charge on any atom is 0.302 e. The fourth-order valence-electron chi connectivity index (χ4n) is 17.9. The van der Waals surface area contributed by atoms with E-state index >= 15 is 0 Å². The molecular formula is C62H98O26. The predicted octanol–water partition coefficient (Wildman–Crippen LogP) is 2.12. The number of rotatable bonds is 18. The summed E-state index contributed by atoms with van der Waals surface area (Å²) in [6.07, 6.45) is -13.1. The minimum absolute atomic E-state index is 0.0117. The normalized spacial score (nSPS) is 54.3. The molecule has 34 unspecified atom stereocenters. The number of fused-ring (bicyclic) bond motifs is 3. The molecule has 88 heavy (non-hydrogen) atoms. The van der Waals surface area contributed by atoms with Gasteiger partial charge in [-0.1, -0.05) is 18.6 Å². The number of hydrogen-bond donors (Lipinski definition) is 6. The van der Waals surface area contributed by atoms with Crippen molar-refractivity contribution in [1.82, 2.24) is 0 Å². The molecule has 11 fully saturated rings. The molecule has 0 aromatic heterocycles. The minimum atomic E-state index is -1.62. The highest BCUT2D eigenvalue weighted by Crippen LogP contribution is 2.76. The summed E-state index contributed by atoms with van der Waals surface area (Å²) < 4.78 is 120. The van der Waals surface area contributed by atoms with Crippen LogP contribution < -0.4 is 0 Å². The maximum atomic E-state index is 12.5. The summed E-state index contributed by atoms with van der Waals surface area (Å²) in [6.45, 7) is 15.2. The highest BCUT2D eigenvalue weighted by molar-refractivity contribution is 5.66. The van der Waals surface area contributed by atoms with Gasteiger partial charge in [0.15, 0.2) is 49.3 Å². The van der Waals surface area contributed by atoms with Crippen molar-refractivity contribution >= 4 is 5.97 Å². The lowest BCUT2D eigenvalue weighted by Gasteiger charge is -2.60. The first-order valence-corrected chi connectivity index (χ1v) is 32.3. The van der Waals surface area contributed by atoms with E-state index in [1.165, 1.54) is 19.6 Å². The molecule has 0 spiro atoms. The van der Waals surface area contributed by atoms with Crippen LogP contribution in [0, 0.1) is 28.6 Å². The Labute approximate surface area is 514 Å². The van der Waals surface area contributed by atoms with Crippen molar-refractivity contribution in [2.45, 2.75) is 304 Å². The van der Waals surface area contributed by atoms with Gasteiger partial charge in [-0.15, -0.1) is 0 Å². The van der Waals surface area contributed by atoms with Gasteiger partial charge in [-0.2, -0.15) is 0 Å². The molecule has 9 heterocycles. The average Bonchev–Trinajstić information content (AvgIpc) is 1.47. The van der Waals surface area contributed by atoms with Gasteiger partial charge in [0.2, 0.25) is 0 Å². The molecule has 2 bridgehead atoms. The van der Waals surface area contributed by atoms with Crippen LogP contribution in [0.5, 0.6) is 0 Å². The summed E-state index contributed by atoms with van der Waals surface area (Å²) in [5.74, 6) is -1.21. The lowest BCUT2D eigenvalue weighted by Crippen LogP contribution is -2.62. The second-order valence-corrected chi connectivity index (χ2v) is 27.5. The van der Waals surface area contributed by atoms with Crippen LogP contribution in [-0.2, 0) is 94.8 Å². The lowest BCUT2D eigenvalue weighted by molar-refractivity contribution is -0.359. The summed E-state index contributed by atoms with van der Waals surface area (Å²) in [5, 5.41) is 63.8. The Kier molecular flexibility index (Phi) is 19.7. The molecular weight excluding hydrogens is 1160 g/mol. The van der Waals surface area contributed by atoms with Crippen molar-refractivity contribution in [2.75, 3.05) is 41.2 Å². The first kappa shape index (κ1) is 66.3. The number of carbonyl (C=O) groups is 1. The van der Waals surface area contributed by atoms with Gasteiger partial charge in [-0.3, -0.25) is 4.79 Å². The van der Waals surface area contributed by atoms with Crippen LogP contribution in [0.4, 0.5) is 0 Å². The monoisotopic (exact) mass is 1260 g/mol. The van der Waals surface area contributed by atoms with Crippen molar-refractivity contribution < 1.29 is 125 Å². The first-order valence-electron chi connectivity index (χ1n) is 32.3. The lowest BCUT2D eigenvalue weighted by atomic mass is 9.47. The van der Waals surface area contributed by atoms with E-state index in [-0.39, 0.29) is 72.1 Å². The van der Waals surface area contributed by atoms with Gasteiger partial charge < -0.3 is 121 Å². The van der Waals surface area contributed by atoms with Crippen LogP contribution in [0.2, 0.25) is 0 Å². The highest BCUT2D eigenvalue weighted by atomic mass is 16.8. The Balaban J connectivity index is 0.598. The summed E-state index contributed by atoms with van der Waals surface area (Å²) in [6, 6.07) is 0. The highest BCUT2D eigenvalue weighted by Gasteiger charge is 2.83. The second kappa shape index (κ2) is 26.1. The molecule has 9 aliphatic heterocycles. The molecule has 3 aliphatic carbocycles. The van der Waals surface area contributed by atoms with Crippen molar-refractivity contribution in [3.05, 3.63) is 11.6 Å². The molecule has 34 atom stereocenters. The number of aliphatic hydroxyl groups excluding tert-OH is 6. The third kappa shape index (κ3) is 11.9. The van der Waals surface area contributed by atoms with E-state index in [0.29, 0.717) is 32.5 Å². The van der Waals surface area contributed by atoms with Crippen molar-refractivity contribution in [1.29, 1.82) is 0 Å². The fourth-order valence-corrected chi connectivity index (χ4v) is 17.9. The predicted molar refractivity (Wildman–Crippen MR) is 299 cm³/mol. The van der Waals surface area contributed by atoms with E-state index in [2.05, 4.69) is 19.9 Å². The van der Waals surface area contributed by atoms with E-state index in [1.54, 1.807) is 35.0 Å². The SMILES string of the molecule is COC1CC(OC2C(C)OC(OC3CCC4(COC(C)=O)C(=CCC5C4CCC4(C)C6C7COC6(C)OC54O7)C3)CC2OC)OC(C)C1OC1CC(O)C(OC2CC(O)C(OC3CC(OC)C(OC4OC(CO)C(O)C(O)C4O)C(C)O3)C(C)O2)C(C)O1. The van der Waals surface area contributed by atoms with E-state index in [1.807, 2.05) is 13.8 Å². The molecule has 12 aliphatic rings. The zero-order valence-electron chi connectivity index (χ0n) is 52.6. The molecule has 0 aromatic rings. The molecule has 2 saturated carbocycles. The van der Waals surface area contributed by atoms with Gasteiger partial charge in [0, 0.05) is 77.1 Å². The van der Waals surface area contributed by atoms with Crippen LogP contribution in [0.1, 0.15) is 126 Å². The average molecular weight is 1260 g/mol. The Hall–Kier alpha value is -1.75. The zero-order chi connectivity index (χ0) is 62.5. The van der Waals surface area contributed by atoms with Crippen LogP contribution in [0.3, 0.4) is 0 Å². The molecule has 0 aromatic carbocycles. The smallest absolute Gasteiger partial charge is 0.302 e. The number of methoxy groups -OCH3 is 3. The van der Waals surface area contributed by atoms with Crippen molar-refractivity contribution in [2.24, 2.45) is 28.6 Å². The number of hydrogen-bond acceptors (Lipinski definition) is 26. The Morgan fingerprint density at radius 1 is 0.602 bits per heavy atom. The molecule has 12 rings (SSSR count). The molecule has 502 valence electrons. The first-order chi connectivity index (χ1) is 41.9. The molecule has 9 saturated heterocycles. The quantitative estimate of drug-likeness (QED) is 0.0846. The maximum absolute atomic E-state index is 12.5. The van der Waals surface area contributed by atoms with E-state index in [4.69, 9.17) is 90.0 Å². The van der Waals surface area contributed by atoms with E-state index < -0.39 is 166 Å². The van der Waals surface area contributed by atoms with Crippen LogP contribution in [0.15, 0.2) is 11.6 Å². The zero-order valence-corrected chi connectivity index (χ0v) is 52.6. The van der Waals surface area contributed by atoms with E-state index in [9.17, 15) is 35.4 Å². The topological polar surface area (TPSA) is 314 Å². The number of ether oxygens (including phenoxy) is 19. The third-order valence-electron chi connectivity index (χ3n) is 22.2. The number of esters is 1. The molecule has 26 nitrogen and oxygen atoms in total. The van der Waals surface area contributed by atoms with Gasteiger partial charge in [0.25, 0.3) is 0 Å². The Morgan fingerprint density at radius 3 is 1.60 bits per heavy atom. The van der Waals surface area contributed by atoms with Gasteiger partial charge >= 0.3 is 5.97 Å². The van der Waals surface area contributed by atoms with Crippen molar-refractivity contribution in [3.63, 3.8) is 0 Å². The van der Waals surface area contributed by atoms with Crippen LogP contribution >= 0.6 is 0 Å². The summed E-state index contributed by atoms with van der Waals surface area (Å²) in [5.41, 5.74) is 0.750. The van der Waals surface area contributed by atoms with Crippen molar-refractivity contribution in [3.8, 4) is 0 Å². The van der Waals surface area contributed by atoms with E-state index in [0.717, 1.165) is 32.1 Å². The molecule has 0 radical (unpaired) electrons. The van der Waals surface area contributed by atoms with Gasteiger partial charge in [0.05, 0.1) is 92.4 Å². The second-order valence-electron chi connectivity index (χ2n) is 27.5. The van der Waals surface area contributed by atoms with Crippen LogP contribution in [-0.4, -0.2) is 255 Å². The van der Waals surface area contributed by atoms with Gasteiger partial charge in [-0.05, 0) is 86.0 Å². The minimum Gasteiger partial charge on any atom is -0.465 e. The Morgan fingerprint density at radius 2 is 1.10 bits per heavy atom. The fraction of sp³-hybridized carbons (Fsp3) is 0.952. The van der Waals surface area contributed by atoms with Crippen LogP contribution in [0.25, 0.3) is 0 Å². The van der Waals surface area contributed by atoms with Gasteiger partial charge in [0.1, 0.15) is 61.5 Å². The molecule has 0 amide bonds. The number of carbonyl (C=O) groups excluding carboxylic acids is 1. The summed E-state index contributed by atoms with van der Waals surface area (Å²) in [7, 11) is 4.75. The Bertz CT molecular complexity index is 2400. The summed E-state index contributed by atoms with van der Waals surface area (Å²) in [4.78, 5) is 12.5. The molecule has 26 heteroatoms. The number of allylic oxidation sites excluding steroid dienone is 1. The standard InChI is InChI=1S/C62H98O26/c1-27-52(82-44-19-37(65)53(28(2)75-44)83-47-23-41(72-11)56(31(5)79-47)86-58-51(69)50(68)49(67)42(24-63)81-58)38(66)20-45(76-27)84-54-30(4)78-48(22-40(54)71-10)85-55-29(3)77-46(21-39(55)70-9)80-34-14-17-61(26-73-32(6)64)33(18-34)12-13-36-35(61)15-16-59(7)57-43-25-74-60(57,8)88-62(36,59)87-43/h12,27-31,34-58,63,65-69H,13-26H2,1-11H3. The van der Waals surface area contributed by atoms with Gasteiger partial charge in [-0.25, -0.2) is 0 Å². The third-order valence-corrected chi connectivity index (χ3v) is 22.2. The molecule has 6 N–H and O–H groups in total. The summed E-state index contributed by atoms with van der Waals surface area (Å²) >= 11 is 0. The largest absolute Gasteiger partial charge is 0.465 e. The number of aliphatic hydroxyl groups is 6.